The second-order valence-electron chi connectivity index (χ2n) is 6.59. The Hall–Kier alpha value is -1.71. The summed E-state index contributed by atoms with van der Waals surface area (Å²) >= 11 is 0. The minimum absolute atomic E-state index is 0.553. The lowest BCUT2D eigenvalue weighted by Gasteiger charge is -2.15. The molecule has 1 aromatic rings. The molecule has 4 nitrogen and oxygen atoms in total. The highest BCUT2D eigenvalue weighted by Gasteiger charge is 2.18. The van der Waals surface area contributed by atoms with Crippen LogP contribution in [-0.2, 0) is 4.79 Å². The number of aliphatic carboxylic acids is 1. The van der Waals surface area contributed by atoms with Crippen molar-refractivity contribution in [3.8, 4) is 11.5 Å². The fourth-order valence-electron chi connectivity index (χ4n) is 2.87. The van der Waals surface area contributed by atoms with E-state index in [-0.39, 0.29) is 0 Å². The van der Waals surface area contributed by atoms with Crippen molar-refractivity contribution in [3.05, 3.63) is 24.3 Å². The van der Waals surface area contributed by atoms with Crippen molar-refractivity contribution in [2.75, 3.05) is 7.11 Å². The average molecular weight is 350 g/mol. The SMILES string of the molecule is CCCCCCCCCCCCC(Oc1ccc(OC)cc1)C(=O)O. The Balaban J connectivity index is 2.15. The molecular weight excluding hydrogens is 316 g/mol. The third kappa shape index (κ3) is 10.0. The van der Waals surface area contributed by atoms with Gasteiger partial charge in [0.2, 0.25) is 0 Å². The van der Waals surface area contributed by atoms with Gasteiger partial charge in [0, 0.05) is 0 Å². The standard InChI is InChI=1S/C21H34O4/c1-3-4-5-6-7-8-9-10-11-12-13-20(21(22)23)25-19-16-14-18(24-2)15-17-19/h14-17,20H,3-13H2,1-2H3,(H,22,23). The minimum atomic E-state index is -0.897. The van der Waals surface area contributed by atoms with Crippen LogP contribution >= 0.6 is 0 Å². The third-order valence-corrected chi connectivity index (χ3v) is 4.43. The zero-order valence-corrected chi connectivity index (χ0v) is 15.8. The van der Waals surface area contributed by atoms with Crippen LogP contribution in [0.2, 0.25) is 0 Å². The van der Waals surface area contributed by atoms with Crippen molar-refractivity contribution >= 4 is 5.97 Å². The lowest BCUT2D eigenvalue weighted by Crippen LogP contribution is -2.26. The predicted molar refractivity (Wildman–Crippen MR) is 102 cm³/mol. The maximum absolute atomic E-state index is 11.4. The second kappa shape index (κ2) is 13.6. The van der Waals surface area contributed by atoms with Crippen LogP contribution in [-0.4, -0.2) is 24.3 Å². The Labute approximate surface area is 152 Å². The molecule has 25 heavy (non-hydrogen) atoms. The fraction of sp³-hybridized carbons (Fsp3) is 0.667. The highest BCUT2D eigenvalue weighted by molar-refractivity contribution is 5.72. The summed E-state index contributed by atoms with van der Waals surface area (Å²) in [5, 5.41) is 9.33. The van der Waals surface area contributed by atoms with Crippen LogP contribution in [0, 0.1) is 0 Å². The molecule has 0 bridgehead atoms. The van der Waals surface area contributed by atoms with Gasteiger partial charge in [-0.05, 0) is 37.1 Å². The molecule has 0 saturated carbocycles. The van der Waals surface area contributed by atoms with Gasteiger partial charge in [-0.25, -0.2) is 4.79 Å². The van der Waals surface area contributed by atoms with Gasteiger partial charge in [-0.15, -0.1) is 0 Å². The van der Waals surface area contributed by atoms with E-state index in [4.69, 9.17) is 9.47 Å². The first-order valence-electron chi connectivity index (χ1n) is 9.71. The molecule has 1 N–H and O–H groups in total. The van der Waals surface area contributed by atoms with Gasteiger partial charge in [0.1, 0.15) is 11.5 Å². The summed E-state index contributed by atoms with van der Waals surface area (Å²) in [4.78, 5) is 11.4. The molecule has 0 radical (unpaired) electrons. The Morgan fingerprint density at radius 2 is 1.36 bits per heavy atom. The summed E-state index contributed by atoms with van der Waals surface area (Å²) in [6.07, 6.45) is 12.2. The van der Waals surface area contributed by atoms with Crippen molar-refractivity contribution in [2.45, 2.75) is 83.7 Å². The lowest BCUT2D eigenvalue weighted by atomic mass is 10.0. The van der Waals surface area contributed by atoms with Gasteiger partial charge < -0.3 is 14.6 Å². The van der Waals surface area contributed by atoms with Crippen LogP contribution in [0.3, 0.4) is 0 Å². The van der Waals surface area contributed by atoms with E-state index < -0.39 is 12.1 Å². The van der Waals surface area contributed by atoms with Gasteiger partial charge >= 0.3 is 5.97 Å². The van der Waals surface area contributed by atoms with Gasteiger partial charge in [0.15, 0.2) is 6.10 Å². The third-order valence-electron chi connectivity index (χ3n) is 4.43. The lowest BCUT2D eigenvalue weighted by molar-refractivity contribution is -0.145. The van der Waals surface area contributed by atoms with Crippen molar-refractivity contribution in [1.82, 2.24) is 0 Å². The first-order valence-corrected chi connectivity index (χ1v) is 9.71. The normalized spacial score (nSPS) is 11.9. The van der Waals surface area contributed by atoms with E-state index in [2.05, 4.69) is 6.92 Å². The zero-order valence-electron chi connectivity index (χ0n) is 15.8. The number of unbranched alkanes of at least 4 members (excludes halogenated alkanes) is 9. The second-order valence-corrected chi connectivity index (χ2v) is 6.59. The molecule has 0 aliphatic rings. The van der Waals surface area contributed by atoms with E-state index in [1.165, 1.54) is 51.4 Å². The van der Waals surface area contributed by atoms with E-state index in [0.717, 1.165) is 18.6 Å². The quantitative estimate of drug-likeness (QED) is 0.404. The van der Waals surface area contributed by atoms with Gasteiger partial charge in [-0.3, -0.25) is 0 Å². The Kier molecular flexibility index (Phi) is 11.6. The Morgan fingerprint density at radius 1 is 0.880 bits per heavy atom. The molecule has 0 heterocycles. The van der Waals surface area contributed by atoms with Crippen molar-refractivity contribution in [2.24, 2.45) is 0 Å². The molecule has 1 atom stereocenters. The number of hydrogen-bond acceptors (Lipinski definition) is 3. The average Bonchev–Trinajstić information content (AvgIpc) is 2.62. The van der Waals surface area contributed by atoms with E-state index >= 15 is 0 Å². The van der Waals surface area contributed by atoms with Crippen LogP contribution in [0.5, 0.6) is 11.5 Å². The smallest absolute Gasteiger partial charge is 0.344 e. The number of rotatable bonds is 15. The summed E-state index contributed by atoms with van der Waals surface area (Å²) in [5.74, 6) is 0.404. The number of methoxy groups -OCH3 is 1. The van der Waals surface area contributed by atoms with E-state index in [9.17, 15) is 9.90 Å². The molecule has 1 unspecified atom stereocenters. The summed E-state index contributed by atoms with van der Waals surface area (Å²) in [6, 6.07) is 7.03. The molecule has 1 aromatic carbocycles. The number of carboxylic acid groups (broad SMARTS) is 1. The number of hydrogen-bond donors (Lipinski definition) is 1. The van der Waals surface area contributed by atoms with E-state index in [0.29, 0.717) is 12.2 Å². The van der Waals surface area contributed by atoms with Crippen molar-refractivity contribution in [1.29, 1.82) is 0 Å². The van der Waals surface area contributed by atoms with Crippen LogP contribution in [0.4, 0.5) is 0 Å². The Bertz CT molecular complexity index is 455. The van der Waals surface area contributed by atoms with Crippen LogP contribution in [0.1, 0.15) is 77.6 Å². The van der Waals surface area contributed by atoms with Gasteiger partial charge in [0.25, 0.3) is 0 Å². The molecule has 0 amide bonds. The largest absolute Gasteiger partial charge is 0.497 e. The van der Waals surface area contributed by atoms with Gasteiger partial charge in [-0.1, -0.05) is 64.7 Å². The first kappa shape index (κ1) is 21.3. The number of carboxylic acids is 1. The van der Waals surface area contributed by atoms with E-state index in [1.54, 1.807) is 31.4 Å². The van der Waals surface area contributed by atoms with Crippen molar-refractivity contribution in [3.63, 3.8) is 0 Å². The Morgan fingerprint density at radius 3 is 1.84 bits per heavy atom. The molecule has 0 aromatic heterocycles. The topological polar surface area (TPSA) is 55.8 Å². The highest BCUT2D eigenvalue weighted by atomic mass is 16.5. The van der Waals surface area contributed by atoms with E-state index in [1.807, 2.05) is 0 Å². The van der Waals surface area contributed by atoms with Gasteiger partial charge in [0.05, 0.1) is 7.11 Å². The monoisotopic (exact) mass is 350 g/mol. The molecule has 4 heteroatoms. The minimum Gasteiger partial charge on any atom is -0.497 e. The first-order chi connectivity index (χ1) is 12.2. The molecule has 0 saturated heterocycles. The maximum atomic E-state index is 11.4. The summed E-state index contributed by atoms with van der Waals surface area (Å²) in [6.45, 7) is 2.24. The summed E-state index contributed by atoms with van der Waals surface area (Å²) in [5.41, 5.74) is 0. The van der Waals surface area contributed by atoms with Crippen LogP contribution in [0.15, 0.2) is 24.3 Å². The molecule has 0 spiro atoms. The maximum Gasteiger partial charge on any atom is 0.344 e. The summed E-state index contributed by atoms with van der Waals surface area (Å²) < 4.78 is 10.7. The number of ether oxygens (including phenoxy) is 2. The fourth-order valence-corrected chi connectivity index (χ4v) is 2.87. The van der Waals surface area contributed by atoms with Crippen LogP contribution in [0.25, 0.3) is 0 Å². The number of carbonyl (C=O) groups is 1. The van der Waals surface area contributed by atoms with Crippen LogP contribution < -0.4 is 9.47 Å². The molecular formula is C21H34O4. The molecule has 0 aliphatic heterocycles. The molecule has 1 rings (SSSR count). The number of benzene rings is 1. The van der Waals surface area contributed by atoms with Gasteiger partial charge in [-0.2, -0.15) is 0 Å². The highest BCUT2D eigenvalue weighted by Crippen LogP contribution is 2.20. The van der Waals surface area contributed by atoms with Crippen molar-refractivity contribution < 1.29 is 19.4 Å². The predicted octanol–water partition coefficient (Wildman–Crippen LogP) is 5.84. The molecule has 142 valence electrons. The summed E-state index contributed by atoms with van der Waals surface area (Å²) in [7, 11) is 1.60. The molecule has 0 aliphatic carbocycles. The zero-order chi connectivity index (χ0) is 18.3. The molecule has 0 fully saturated rings.